The number of aryl methyl sites for hydroxylation is 1. The van der Waals surface area contributed by atoms with Gasteiger partial charge in [-0.1, -0.05) is 42.5 Å². The maximum Gasteiger partial charge on any atom is 0.416 e. The Morgan fingerprint density at radius 2 is 1.48 bits per heavy atom. The number of hydrogen-bond acceptors (Lipinski definition) is 3. The predicted octanol–water partition coefficient (Wildman–Crippen LogP) is 7.35. The minimum Gasteiger partial charge on any atom is -0.348 e. The predicted molar refractivity (Wildman–Crippen MR) is 119 cm³/mol. The summed E-state index contributed by atoms with van der Waals surface area (Å²) in [6.07, 6.45) is -2.94. The average Bonchev–Trinajstić information content (AvgIpc) is 3.18. The second-order valence-corrected chi connectivity index (χ2v) is 8.94. The molecule has 0 aliphatic rings. The largest absolute Gasteiger partial charge is 0.416 e. The third-order valence-corrected chi connectivity index (χ3v) is 6.14. The number of alkyl halides is 3. The van der Waals surface area contributed by atoms with E-state index < -0.39 is 28.9 Å². The van der Waals surface area contributed by atoms with Gasteiger partial charge in [-0.25, -0.2) is 13.8 Å². The lowest BCUT2D eigenvalue weighted by atomic mass is 9.77. The van der Waals surface area contributed by atoms with E-state index in [0.717, 1.165) is 22.6 Å². The highest BCUT2D eigenvalue weighted by molar-refractivity contribution is 7.15. The molecule has 1 atom stereocenters. The molecule has 8 heteroatoms. The molecule has 4 rings (SSSR count). The van der Waals surface area contributed by atoms with Crippen LogP contribution in [0.3, 0.4) is 0 Å². The van der Waals surface area contributed by atoms with Crippen molar-refractivity contribution >= 4 is 16.5 Å². The van der Waals surface area contributed by atoms with Crippen LogP contribution >= 0.6 is 11.3 Å². The number of thiazole rings is 1. The number of rotatable bonds is 6. The molecule has 0 spiro atoms. The molecule has 2 nitrogen and oxygen atoms in total. The SMILES string of the molecule is Cc1cnc(N[C@@](Cc2ccccc2)(c2ccc(F)cc2)c2cc(F)cc(C(F)(F)F)c2)s1. The quantitative estimate of drug-likeness (QED) is 0.296. The topological polar surface area (TPSA) is 24.9 Å². The maximum absolute atomic E-state index is 14.5. The number of hydrogen-bond donors (Lipinski definition) is 1. The molecule has 0 saturated heterocycles. The van der Waals surface area contributed by atoms with Gasteiger partial charge in [0.05, 0.1) is 11.1 Å². The lowest BCUT2D eigenvalue weighted by molar-refractivity contribution is -0.137. The van der Waals surface area contributed by atoms with Gasteiger partial charge in [-0.15, -0.1) is 11.3 Å². The number of aromatic nitrogens is 1. The van der Waals surface area contributed by atoms with Crippen LogP contribution in [0.2, 0.25) is 0 Å². The van der Waals surface area contributed by atoms with Gasteiger partial charge < -0.3 is 5.32 Å². The summed E-state index contributed by atoms with van der Waals surface area (Å²) in [7, 11) is 0. The first-order valence-corrected chi connectivity index (χ1v) is 10.9. The fourth-order valence-corrected chi connectivity index (χ4v) is 4.53. The van der Waals surface area contributed by atoms with E-state index in [4.69, 9.17) is 0 Å². The van der Waals surface area contributed by atoms with Gasteiger partial charge >= 0.3 is 6.18 Å². The summed E-state index contributed by atoms with van der Waals surface area (Å²) in [4.78, 5) is 5.21. The second kappa shape index (κ2) is 8.94. The normalized spacial score (nSPS) is 13.5. The van der Waals surface area contributed by atoms with Crippen molar-refractivity contribution in [2.75, 3.05) is 5.32 Å². The summed E-state index contributed by atoms with van der Waals surface area (Å²) in [5, 5.41) is 3.72. The fourth-order valence-electron chi connectivity index (χ4n) is 3.79. The van der Waals surface area contributed by atoms with E-state index in [0.29, 0.717) is 16.8 Å². The zero-order valence-electron chi connectivity index (χ0n) is 17.5. The van der Waals surface area contributed by atoms with Crippen molar-refractivity contribution in [2.24, 2.45) is 0 Å². The highest BCUT2D eigenvalue weighted by Crippen LogP contribution is 2.41. The van der Waals surface area contributed by atoms with Gasteiger partial charge in [0.1, 0.15) is 11.6 Å². The molecule has 0 bridgehead atoms. The van der Waals surface area contributed by atoms with Crippen molar-refractivity contribution in [1.29, 1.82) is 0 Å². The van der Waals surface area contributed by atoms with E-state index in [9.17, 15) is 22.0 Å². The molecule has 1 aromatic heterocycles. The molecule has 4 aromatic rings. The van der Waals surface area contributed by atoms with Crippen molar-refractivity contribution in [1.82, 2.24) is 4.98 Å². The summed E-state index contributed by atoms with van der Waals surface area (Å²) in [5.41, 5.74) is -1.14. The standard InChI is InChI=1S/C25H19F5N2S/c1-16-15-31-23(33-16)32-24(14-17-5-3-2-4-6-17,18-7-9-21(26)10-8-18)19-11-20(25(28,29)30)13-22(27)12-19/h2-13,15H,14H2,1H3,(H,31,32)/t24-/m0/s1. The Kier molecular flexibility index (Phi) is 6.21. The first-order chi connectivity index (χ1) is 15.7. The van der Waals surface area contributed by atoms with Gasteiger partial charge in [-0.2, -0.15) is 13.2 Å². The lowest BCUT2D eigenvalue weighted by Gasteiger charge is -2.37. The summed E-state index contributed by atoms with van der Waals surface area (Å²) in [6.45, 7) is 1.85. The monoisotopic (exact) mass is 474 g/mol. The Labute approximate surface area is 191 Å². The molecule has 3 aromatic carbocycles. The minimum absolute atomic E-state index is 0.0538. The van der Waals surface area contributed by atoms with Crippen LogP contribution < -0.4 is 5.32 Å². The van der Waals surface area contributed by atoms with Crippen molar-refractivity contribution < 1.29 is 22.0 Å². The van der Waals surface area contributed by atoms with Crippen molar-refractivity contribution in [2.45, 2.75) is 25.1 Å². The van der Waals surface area contributed by atoms with Crippen LogP contribution in [0.4, 0.5) is 27.1 Å². The lowest BCUT2D eigenvalue weighted by Crippen LogP contribution is -2.39. The van der Waals surface area contributed by atoms with Crippen molar-refractivity contribution in [3.63, 3.8) is 0 Å². The van der Waals surface area contributed by atoms with E-state index in [-0.39, 0.29) is 12.0 Å². The molecule has 0 fully saturated rings. The van der Waals surface area contributed by atoms with Gasteiger partial charge in [0, 0.05) is 17.5 Å². The Bertz CT molecular complexity index is 1240. The first kappa shape index (κ1) is 22.9. The van der Waals surface area contributed by atoms with Crippen molar-refractivity contribution in [3.8, 4) is 0 Å². The summed E-state index contributed by atoms with van der Waals surface area (Å²) < 4.78 is 69.1. The van der Waals surface area contributed by atoms with E-state index in [2.05, 4.69) is 10.3 Å². The first-order valence-electron chi connectivity index (χ1n) is 10.0. The van der Waals surface area contributed by atoms with Crippen LogP contribution in [0.25, 0.3) is 0 Å². The molecule has 0 unspecified atom stereocenters. The molecular weight excluding hydrogens is 455 g/mol. The Morgan fingerprint density at radius 3 is 2.09 bits per heavy atom. The van der Waals surface area contributed by atoms with Gasteiger partial charge in [0.2, 0.25) is 0 Å². The molecular formula is C25H19F5N2S. The zero-order valence-corrected chi connectivity index (χ0v) is 18.3. The highest BCUT2D eigenvalue weighted by Gasteiger charge is 2.39. The molecule has 0 aliphatic carbocycles. The van der Waals surface area contributed by atoms with E-state index in [1.54, 1.807) is 6.20 Å². The van der Waals surface area contributed by atoms with Crippen molar-refractivity contribution in [3.05, 3.63) is 118 Å². The number of halogens is 5. The number of nitrogens with zero attached hydrogens (tertiary/aromatic N) is 1. The zero-order chi connectivity index (χ0) is 23.6. The number of benzene rings is 3. The molecule has 0 aliphatic heterocycles. The smallest absolute Gasteiger partial charge is 0.348 e. The molecule has 33 heavy (non-hydrogen) atoms. The summed E-state index contributed by atoms with van der Waals surface area (Å²) in [5.74, 6) is -1.51. The molecule has 170 valence electrons. The number of nitrogens with one attached hydrogen (secondary N) is 1. The Balaban J connectivity index is 2.00. The third-order valence-electron chi connectivity index (χ3n) is 5.31. The van der Waals surface area contributed by atoms with Crippen LogP contribution in [-0.2, 0) is 18.1 Å². The fraction of sp³-hybridized carbons (Fsp3) is 0.160. The van der Waals surface area contributed by atoms with Crippen LogP contribution in [0, 0.1) is 18.6 Å². The number of anilines is 1. The third kappa shape index (κ3) is 5.06. The van der Waals surface area contributed by atoms with Crippen LogP contribution in [0.5, 0.6) is 0 Å². The highest BCUT2D eigenvalue weighted by atomic mass is 32.1. The van der Waals surface area contributed by atoms with Crippen LogP contribution in [-0.4, -0.2) is 4.98 Å². The van der Waals surface area contributed by atoms with Crippen LogP contribution in [0.15, 0.2) is 79.0 Å². The van der Waals surface area contributed by atoms with Gasteiger partial charge in [-0.05, 0) is 53.9 Å². The van der Waals surface area contributed by atoms with Gasteiger partial charge in [-0.3, -0.25) is 0 Å². The summed E-state index contributed by atoms with van der Waals surface area (Å²) in [6, 6.07) is 17.0. The molecule has 1 N–H and O–H groups in total. The van der Waals surface area contributed by atoms with Gasteiger partial charge in [0.15, 0.2) is 5.13 Å². The molecule has 0 amide bonds. The molecule has 0 radical (unpaired) electrons. The summed E-state index contributed by atoms with van der Waals surface area (Å²) >= 11 is 1.32. The molecule has 1 heterocycles. The second-order valence-electron chi connectivity index (χ2n) is 7.70. The average molecular weight is 474 g/mol. The minimum atomic E-state index is -4.74. The molecule has 0 saturated carbocycles. The Morgan fingerprint density at radius 1 is 0.818 bits per heavy atom. The van der Waals surface area contributed by atoms with Crippen LogP contribution in [0.1, 0.15) is 27.1 Å². The van der Waals surface area contributed by atoms with E-state index in [1.807, 2.05) is 37.3 Å². The van der Waals surface area contributed by atoms with E-state index in [1.165, 1.54) is 35.6 Å². The van der Waals surface area contributed by atoms with E-state index >= 15 is 0 Å². The Hall–Kier alpha value is -3.26. The van der Waals surface area contributed by atoms with Gasteiger partial charge in [0.25, 0.3) is 0 Å². The maximum atomic E-state index is 14.5.